The molecule has 6 heteroatoms. The minimum Gasteiger partial charge on any atom is -0.389 e. The first-order valence-corrected chi connectivity index (χ1v) is 7.33. The number of aryl methyl sites for hydroxylation is 1. The van der Waals surface area contributed by atoms with Gasteiger partial charge < -0.3 is 15.4 Å². The summed E-state index contributed by atoms with van der Waals surface area (Å²) >= 11 is 5.19. The van der Waals surface area contributed by atoms with Crippen LogP contribution < -0.4 is 10.6 Å². The highest BCUT2D eigenvalue weighted by molar-refractivity contribution is 7.80. The molecule has 2 N–H and O–H groups in total. The quantitative estimate of drug-likeness (QED) is 0.851. The summed E-state index contributed by atoms with van der Waals surface area (Å²) in [6.07, 6.45) is 2.19. The maximum Gasteiger partial charge on any atom is 0.161 e. The third kappa shape index (κ3) is 3.07. The highest BCUT2D eigenvalue weighted by Crippen LogP contribution is 2.26. The number of thiocarbonyl (C=S) groups is 1. The van der Waals surface area contributed by atoms with E-state index in [1.807, 2.05) is 13.8 Å². The second-order valence-corrected chi connectivity index (χ2v) is 5.80. The van der Waals surface area contributed by atoms with E-state index in [9.17, 15) is 0 Å². The molecule has 5 nitrogen and oxygen atoms in total. The lowest BCUT2D eigenvalue weighted by molar-refractivity contribution is 0.139. The molecule has 0 bridgehead atoms. The van der Waals surface area contributed by atoms with Gasteiger partial charge in [0.05, 0.1) is 11.3 Å². The van der Waals surface area contributed by atoms with Crippen LogP contribution in [0.5, 0.6) is 0 Å². The number of aromatic nitrogens is 2. The molecule has 1 aromatic heterocycles. The minimum atomic E-state index is 0.398. The van der Waals surface area contributed by atoms with Gasteiger partial charge >= 0.3 is 0 Å². The summed E-state index contributed by atoms with van der Waals surface area (Å²) < 4.78 is 5.23. The van der Waals surface area contributed by atoms with Crippen LogP contribution >= 0.6 is 12.2 Å². The average molecular weight is 294 g/mol. The van der Waals surface area contributed by atoms with Crippen molar-refractivity contribution in [1.82, 2.24) is 10.2 Å². The Bertz CT molecular complexity index is 498. The molecule has 2 rings (SSSR count). The number of anilines is 1. The van der Waals surface area contributed by atoms with Crippen LogP contribution in [0, 0.1) is 19.8 Å². The zero-order valence-electron chi connectivity index (χ0n) is 12.3. The van der Waals surface area contributed by atoms with Gasteiger partial charge in [0.15, 0.2) is 5.82 Å². The number of nitrogens with two attached hydrogens (primary N) is 1. The molecule has 20 heavy (non-hydrogen) atoms. The van der Waals surface area contributed by atoms with Gasteiger partial charge in [0.25, 0.3) is 0 Å². The van der Waals surface area contributed by atoms with Gasteiger partial charge in [-0.05, 0) is 38.2 Å². The van der Waals surface area contributed by atoms with Crippen LogP contribution in [0.4, 0.5) is 5.82 Å². The molecule has 0 aromatic carbocycles. The molecule has 0 atom stereocenters. The normalized spacial score (nSPS) is 16.4. The van der Waals surface area contributed by atoms with Crippen molar-refractivity contribution in [3.8, 4) is 0 Å². The van der Waals surface area contributed by atoms with E-state index in [-0.39, 0.29) is 0 Å². The van der Waals surface area contributed by atoms with Gasteiger partial charge in [-0.25, -0.2) is 0 Å². The summed E-state index contributed by atoms with van der Waals surface area (Å²) in [5, 5.41) is 8.55. The second kappa shape index (κ2) is 6.45. The highest BCUT2D eigenvalue weighted by Gasteiger charge is 2.24. The van der Waals surface area contributed by atoms with Crippen LogP contribution in [0.25, 0.3) is 0 Å². The molecule has 1 aliphatic heterocycles. The van der Waals surface area contributed by atoms with Gasteiger partial charge in [-0.15, -0.1) is 5.10 Å². The third-order valence-corrected chi connectivity index (χ3v) is 4.20. The first-order valence-electron chi connectivity index (χ1n) is 6.92. The smallest absolute Gasteiger partial charge is 0.161 e. The van der Waals surface area contributed by atoms with Crippen molar-refractivity contribution in [1.29, 1.82) is 0 Å². The van der Waals surface area contributed by atoms with Gasteiger partial charge in [-0.2, -0.15) is 5.10 Å². The van der Waals surface area contributed by atoms with Crippen LogP contribution in [0.3, 0.4) is 0 Å². The van der Waals surface area contributed by atoms with Crippen molar-refractivity contribution in [2.75, 3.05) is 31.7 Å². The van der Waals surface area contributed by atoms with E-state index in [0.717, 1.165) is 55.2 Å². The molecule has 2 heterocycles. The van der Waals surface area contributed by atoms with Crippen LogP contribution in [-0.2, 0) is 4.74 Å². The zero-order chi connectivity index (χ0) is 14.7. The Kier molecular flexibility index (Phi) is 4.88. The van der Waals surface area contributed by atoms with E-state index in [4.69, 9.17) is 22.7 Å². The second-order valence-electron chi connectivity index (χ2n) is 5.36. The van der Waals surface area contributed by atoms with Gasteiger partial charge in [-0.3, -0.25) is 0 Å². The van der Waals surface area contributed by atoms with E-state index in [1.165, 1.54) is 0 Å². The maximum absolute atomic E-state index is 5.88. The molecule has 0 aliphatic carbocycles. The number of hydrogen-bond acceptors (Lipinski definition) is 5. The lowest BCUT2D eigenvalue weighted by Gasteiger charge is -2.33. The predicted molar refractivity (Wildman–Crippen MR) is 84.2 cm³/mol. The van der Waals surface area contributed by atoms with Crippen molar-refractivity contribution < 1.29 is 4.74 Å². The Morgan fingerprint density at radius 2 is 2.00 bits per heavy atom. The van der Waals surface area contributed by atoms with E-state index < -0.39 is 0 Å². The van der Waals surface area contributed by atoms with E-state index in [1.54, 1.807) is 7.11 Å². The van der Waals surface area contributed by atoms with Gasteiger partial charge in [0.2, 0.25) is 0 Å². The fraction of sp³-hybridized carbons (Fsp3) is 0.643. The number of piperidine rings is 1. The van der Waals surface area contributed by atoms with E-state index in [0.29, 0.717) is 10.9 Å². The Balaban J connectivity index is 2.22. The molecule has 0 saturated carbocycles. The monoisotopic (exact) mass is 294 g/mol. The lowest BCUT2D eigenvalue weighted by Crippen LogP contribution is -2.37. The predicted octanol–water partition coefficient (Wildman–Crippen LogP) is 1.59. The topological polar surface area (TPSA) is 64.3 Å². The summed E-state index contributed by atoms with van der Waals surface area (Å²) in [5.74, 6) is 1.46. The minimum absolute atomic E-state index is 0.398. The summed E-state index contributed by atoms with van der Waals surface area (Å²) in [4.78, 5) is 2.63. The molecule has 0 unspecified atom stereocenters. The molecule has 0 spiro atoms. The maximum atomic E-state index is 5.88. The first kappa shape index (κ1) is 15.1. The highest BCUT2D eigenvalue weighted by atomic mass is 32.1. The zero-order valence-corrected chi connectivity index (χ0v) is 13.2. The Morgan fingerprint density at radius 1 is 1.35 bits per heavy atom. The standard InChI is InChI=1S/C14H22N4OS/c1-9-10(2)16-17-14(12(9)13(15)20)18-6-4-11(5-7-18)8-19-3/h11H,4-8H2,1-3H3,(H2,15,20). The van der Waals surface area contributed by atoms with E-state index in [2.05, 4.69) is 15.1 Å². The van der Waals surface area contributed by atoms with E-state index >= 15 is 0 Å². The van der Waals surface area contributed by atoms with Crippen molar-refractivity contribution in [2.24, 2.45) is 11.7 Å². The summed E-state index contributed by atoms with van der Waals surface area (Å²) in [6, 6.07) is 0. The van der Waals surface area contributed by atoms with Crippen LogP contribution in [-0.4, -0.2) is 42.0 Å². The fourth-order valence-corrected chi connectivity index (χ4v) is 2.90. The fourth-order valence-electron chi connectivity index (χ4n) is 2.66. The number of rotatable bonds is 4. The Morgan fingerprint density at radius 3 is 2.55 bits per heavy atom. The number of ether oxygens (including phenoxy) is 1. The molecule has 0 amide bonds. The van der Waals surface area contributed by atoms with Gasteiger partial charge in [-0.1, -0.05) is 12.2 Å². The molecule has 1 aromatic rings. The Hall–Kier alpha value is -1.27. The summed E-state index contributed by atoms with van der Waals surface area (Å²) in [6.45, 7) is 6.65. The van der Waals surface area contributed by atoms with Gasteiger partial charge in [0, 0.05) is 26.8 Å². The van der Waals surface area contributed by atoms with Crippen LogP contribution in [0.2, 0.25) is 0 Å². The SMILES string of the molecule is COCC1CCN(c2nnc(C)c(C)c2C(N)=S)CC1. The largest absolute Gasteiger partial charge is 0.389 e. The third-order valence-electron chi connectivity index (χ3n) is 4.00. The first-order chi connectivity index (χ1) is 9.54. The van der Waals surface area contributed by atoms with Crippen molar-refractivity contribution in [2.45, 2.75) is 26.7 Å². The molecule has 0 radical (unpaired) electrons. The van der Waals surface area contributed by atoms with Crippen molar-refractivity contribution in [3.05, 3.63) is 16.8 Å². The van der Waals surface area contributed by atoms with Crippen molar-refractivity contribution >= 4 is 23.0 Å². The number of methoxy groups -OCH3 is 1. The Labute approximate surface area is 125 Å². The summed E-state index contributed by atoms with van der Waals surface area (Å²) in [7, 11) is 1.76. The molecule has 110 valence electrons. The molecular formula is C14H22N4OS. The summed E-state index contributed by atoms with van der Waals surface area (Å²) in [5.41, 5.74) is 8.67. The van der Waals surface area contributed by atoms with Crippen LogP contribution in [0.1, 0.15) is 29.7 Å². The van der Waals surface area contributed by atoms with Gasteiger partial charge in [0.1, 0.15) is 4.99 Å². The number of hydrogen-bond donors (Lipinski definition) is 1. The molecule has 1 aliphatic rings. The number of nitrogens with zero attached hydrogens (tertiary/aromatic N) is 3. The molecular weight excluding hydrogens is 272 g/mol. The van der Waals surface area contributed by atoms with Crippen molar-refractivity contribution in [3.63, 3.8) is 0 Å². The molecule has 1 saturated heterocycles. The molecule has 1 fully saturated rings. The van der Waals surface area contributed by atoms with Crippen LogP contribution in [0.15, 0.2) is 0 Å². The average Bonchev–Trinajstić information content (AvgIpc) is 2.42. The lowest BCUT2D eigenvalue weighted by atomic mass is 9.97.